The first-order chi connectivity index (χ1) is 25.6. The summed E-state index contributed by atoms with van der Waals surface area (Å²) < 4.78 is 29.1. The summed E-state index contributed by atoms with van der Waals surface area (Å²) in [4.78, 5) is 30.1. The van der Waals surface area contributed by atoms with Crippen molar-refractivity contribution in [3.05, 3.63) is 0 Å². The van der Waals surface area contributed by atoms with Crippen molar-refractivity contribution < 1.29 is 74.1 Å². The smallest absolute Gasteiger partial charge is 0.0993 e. The van der Waals surface area contributed by atoms with Gasteiger partial charge in [-0.1, -0.05) is 71.1 Å². The van der Waals surface area contributed by atoms with Crippen LogP contribution in [0.3, 0.4) is 0 Å². The molecule has 0 atom stereocenters. The molecule has 0 aliphatic rings. The molecule has 15 heteroatoms. The van der Waals surface area contributed by atoms with E-state index in [1.165, 1.54) is 32.1 Å². The van der Waals surface area contributed by atoms with E-state index in [1.54, 1.807) is 42.7 Å². The molecule has 0 saturated heterocycles. The Morgan fingerprint density at radius 3 is 0.717 bits per heavy atom. The molecule has 0 aromatic carbocycles. The molecule has 0 unspecified atom stereocenters. The Kier molecular flexibility index (Phi) is 70.6. The summed E-state index contributed by atoms with van der Waals surface area (Å²) in [6.45, 7) is 13.3. The van der Waals surface area contributed by atoms with E-state index in [0.717, 1.165) is 117 Å². The fourth-order valence-corrected chi connectivity index (χ4v) is 4.11. The van der Waals surface area contributed by atoms with Crippen LogP contribution in [0.1, 0.15) is 110 Å². The molecule has 53 heavy (non-hydrogen) atoms. The molecule has 0 radical (unpaired) electrons. The third-order valence-electron chi connectivity index (χ3n) is 7.15. The van der Waals surface area contributed by atoms with Crippen molar-refractivity contribution in [1.29, 1.82) is 0 Å². The molecule has 0 heterocycles. The topological polar surface area (TPSA) is 226 Å². The van der Waals surface area contributed by atoms with Gasteiger partial charge >= 0.3 is 0 Å². The highest BCUT2D eigenvalue weighted by Crippen LogP contribution is 2.08. The fraction of sp³-hybridized carbons (Fsp3) is 0.921. The van der Waals surface area contributed by atoms with E-state index in [1.807, 2.05) is 0 Å². The lowest BCUT2D eigenvalue weighted by molar-refractivity contribution is -0.657. The summed E-state index contributed by atoms with van der Waals surface area (Å²) >= 11 is 0. The van der Waals surface area contributed by atoms with Crippen LogP contribution in [0, 0.1) is 0 Å². The van der Waals surface area contributed by atoms with Gasteiger partial charge in [0.15, 0.2) is 0 Å². The van der Waals surface area contributed by atoms with Crippen molar-refractivity contribution >= 4 is 17.9 Å². The molecule has 0 saturated carbocycles. The first-order valence-electron chi connectivity index (χ1n) is 19.6. The van der Waals surface area contributed by atoms with E-state index in [4.69, 9.17) is 28.4 Å². The quantitative estimate of drug-likeness (QED) is 0.0596. The van der Waals surface area contributed by atoms with Crippen LogP contribution < -0.4 is 31.3 Å². The monoisotopic (exact) mass is 774 g/mol. The maximum atomic E-state index is 10.0. The Morgan fingerprint density at radius 1 is 0.358 bits per heavy atom. The number of nitrogens with two attached hydrogens (primary N) is 3. The van der Waals surface area contributed by atoms with Crippen LogP contribution in [0.15, 0.2) is 0 Å². The van der Waals surface area contributed by atoms with E-state index < -0.39 is 17.9 Å². The third kappa shape index (κ3) is 88.9. The van der Waals surface area contributed by atoms with Gasteiger partial charge in [0.1, 0.15) is 0 Å². The Balaban J connectivity index is -0.000000184. The molecule has 0 aromatic heterocycles. The highest BCUT2D eigenvalue weighted by atomic mass is 16.5. The number of carboxylic acids is 3. The zero-order chi connectivity index (χ0) is 40.9. The van der Waals surface area contributed by atoms with Gasteiger partial charge in [0.05, 0.1) is 78.9 Å². The van der Waals surface area contributed by atoms with Crippen molar-refractivity contribution in [3.63, 3.8) is 0 Å². The second-order valence-corrected chi connectivity index (χ2v) is 12.2. The number of methoxy groups -OCH3 is 6. The standard InChI is InChI=1S/C10H18O4.C10H20O2.3C6H15NO2/c11-9(12)7-5-3-1-2-4-6-8-10(13)14;1-2-3-4-5-6-7-8-9-10(11)12;3*1-8-5-3-7-4-6-9-2/h1-8H2,(H,11,12)(H,13,14);2-9H2,1H3,(H,11,12);3*7H,3-6H2,1-2H3. The van der Waals surface area contributed by atoms with Crippen LogP contribution in [-0.2, 0) is 42.8 Å². The Bertz CT molecular complexity index is 609. The number of hydrogen-bond donors (Lipinski definition) is 3. The number of carbonyl (C=O) groups excluding carboxylic acids is 3. The maximum Gasteiger partial charge on any atom is 0.0993 e. The molecule has 15 nitrogen and oxygen atoms in total. The Morgan fingerprint density at radius 2 is 0.547 bits per heavy atom. The average molecular weight is 774 g/mol. The predicted molar refractivity (Wildman–Crippen MR) is 201 cm³/mol. The number of aliphatic carboxylic acids is 3. The first-order valence-corrected chi connectivity index (χ1v) is 19.6. The first kappa shape index (κ1) is 60.3. The molecule has 0 aliphatic carbocycles. The van der Waals surface area contributed by atoms with Crippen LogP contribution in [0.25, 0.3) is 0 Å². The molecule has 0 aliphatic heterocycles. The summed E-state index contributed by atoms with van der Waals surface area (Å²) in [7, 11) is 10.3. The highest BCUT2D eigenvalue weighted by Gasteiger charge is 1.93. The molecular weight excluding hydrogens is 690 g/mol. The number of carbonyl (C=O) groups is 3. The lowest BCUT2D eigenvalue weighted by Gasteiger charge is -2.03. The van der Waals surface area contributed by atoms with Crippen LogP contribution in [-0.4, -0.2) is 139 Å². The van der Waals surface area contributed by atoms with Crippen molar-refractivity contribution in [1.82, 2.24) is 0 Å². The second-order valence-electron chi connectivity index (χ2n) is 12.2. The normalized spacial score (nSPS) is 10.0. The molecule has 6 N–H and O–H groups in total. The van der Waals surface area contributed by atoms with Gasteiger partial charge in [-0.25, -0.2) is 0 Å². The van der Waals surface area contributed by atoms with Gasteiger partial charge in [0.25, 0.3) is 0 Å². The van der Waals surface area contributed by atoms with Crippen molar-refractivity contribution in [2.75, 3.05) is 122 Å². The minimum absolute atomic E-state index is 0.124. The van der Waals surface area contributed by atoms with E-state index in [-0.39, 0.29) is 19.3 Å². The zero-order valence-electron chi connectivity index (χ0n) is 34.9. The average Bonchev–Trinajstić information content (AvgIpc) is 3.13. The van der Waals surface area contributed by atoms with Crippen LogP contribution >= 0.6 is 0 Å². The number of quaternary nitrogens is 3. The predicted octanol–water partition coefficient (Wildman–Crippen LogP) is -1.99. The van der Waals surface area contributed by atoms with Gasteiger partial charge in [-0.05, 0) is 38.5 Å². The summed E-state index contributed by atoms with van der Waals surface area (Å²) in [5.41, 5.74) is 0. The van der Waals surface area contributed by atoms with Gasteiger partial charge in [-0.15, -0.1) is 0 Å². The fourth-order valence-electron chi connectivity index (χ4n) is 4.11. The van der Waals surface area contributed by atoms with Gasteiger partial charge in [-0.3, -0.25) is 0 Å². The summed E-state index contributed by atoms with van der Waals surface area (Å²) in [6.07, 6.45) is 13.6. The molecule has 0 bridgehead atoms. The van der Waals surface area contributed by atoms with Crippen molar-refractivity contribution in [2.45, 2.75) is 110 Å². The van der Waals surface area contributed by atoms with Gasteiger partial charge < -0.3 is 74.1 Å². The SMILES string of the molecule is CCCCCCCCCC(=O)[O-].COCC[NH2+]CCOC.COCC[NH2+]CCOC.COCC[NH2+]CCOC.O=C([O-])CCCCCCCCC(=O)[O-]. The second kappa shape index (κ2) is 62.1. The van der Waals surface area contributed by atoms with Gasteiger partial charge in [0.2, 0.25) is 0 Å². The molecule has 322 valence electrons. The molecule has 0 amide bonds. The van der Waals surface area contributed by atoms with Crippen LogP contribution in [0.2, 0.25) is 0 Å². The highest BCUT2D eigenvalue weighted by molar-refractivity contribution is 5.64. The van der Waals surface area contributed by atoms with Gasteiger partial charge in [-0.2, -0.15) is 0 Å². The number of carboxylic acid groups (broad SMARTS) is 3. The lowest BCUT2D eigenvalue weighted by Crippen LogP contribution is -2.86. The minimum Gasteiger partial charge on any atom is -0.550 e. The minimum atomic E-state index is -0.998. The number of rotatable bonds is 35. The van der Waals surface area contributed by atoms with Crippen LogP contribution in [0.4, 0.5) is 0 Å². The van der Waals surface area contributed by atoms with Crippen LogP contribution in [0.5, 0.6) is 0 Å². The molecule has 0 spiro atoms. The number of hydrogen-bond acceptors (Lipinski definition) is 12. The third-order valence-corrected chi connectivity index (χ3v) is 7.15. The largest absolute Gasteiger partial charge is 0.550 e. The Hall–Kier alpha value is -1.95. The number of ether oxygens (including phenoxy) is 6. The van der Waals surface area contributed by atoms with E-state index >= 15 is 0 Å². The Labute approximate surface area is 322 Å². The number of unbranched alkanes of at least 4 members (excludes halogenated alkanes) is 11. The molecule has 0 aromatic rings. The lowest BCUT2D eigenvalue weighted by atomic mass is 10.1. The summed E-state index contributed by atoms with van der Waals surface area (Å²) in [6, 6.07) is 0. The zero-order valence-corrected chi connectivity index (χ0v) is 34.9. The maximum absolute atomic E-state index is 10.0. The molecular formula is C38H83N3O12. The van der Waals surface area contributed by atoms with E-state index in [0.29, 0.717) is 12.8 Å². The van der Waals surface area contributed by atoms with Crippen molar-refractivity contribution in [3.8, 4) is 0 Å². The molecule has 0 rings (SSSR count). The van der Waals surface area contributed by atoms with E-state index in [9.17, 15) is 29.7 Å². The van der Waals surface area contributed by atoms with E-state index in [2.05, 4.69) is 22.9 Å². The summed E-state index contributed by atoms with van der Waals surface area (Å²) in [5, 5.41) is 36.6. The summed E-state index contributed by atoms with van der Waals surface area (Å²) in [5.74, 6) is -2.91. The molecule has 0 fully saturated rings. The van der Waals surface area contributed by atoms with Crippen molar-refractivity contribution in [2.24, 2.45) is 0 Å². The van der Waals surface area contributed by atoms with Gasteiger partial charge in [0, 0.05) is 60.6 Å².